The Morgan fingerprint density at radius 3 is 2.53 bits per heavy atom. The SMILES string of the molecule is C[C@@]1(c2cc(NC(=O)c3ccc(OCC(F)(F)F)cn3)ccc2F)C[C@@H](C(F)(F)F)OC(N)=N1. The van der Waals surface area contributed by atoms with Gasteiger partial charge in [-0.15, -0.1) is 0 Å². The number of nitrogens with one attached hydrogen (secondary N) is 1. The standard InChI is InChI=1S/C20H17F7N4O3/c1-18(7-15(20(25,26)27)34-17(28)31-18)12-6-10(2-4-13(12)21)30-16(32)14-5-3-11(8-29-14)33-9-19(22,23)24/h2-6,8,15H,7,9H2,1H3,(H2,28,31)(H,30,32)/t15-,18-/m0/s1. The Hall–Kier alpha value is -3.58. The zero-order valence-corrected chi connectivity index (χ0v) is 17.3. The van der Waals surface area contributed by atoms with Gasteiger partial charge >= 0.3 is 12.4 Å². The van der Waals surface area contributed by atoms with Crippen LogP contribution in [0.25, 0.3) is 0 Å². The quantitative estimate of drug-likeness (QED) is 0.605. The zero-order chi connectivity index (χ0) is 25.3. The van der Waals surface area contributed by atoms with Gasteiger partial charge in [-0.25, -0.2) is 14.4 Å². The van der Waals surface area contributed by atoms with Gasteiger partial charge in [0, 0.05) is 17.7 Å². The van der Waals surface area contributed by atoms with E-state index in [4.69, 9.17) is 5.73 Å². The fraction of sp³-hybridized carbons (Fsp3) is 0.350. The Bertz CT molecular complexity index is 1090. The molecule has 184 valence electrons. The molecule has 1 aliphatic heterocycles. The van der Waals surface area contributed by atoms with Gasteiger partial charge < -0.3 is 20.5 Å². The van der Waals surface area contributed by atoms with Crippen molar-refractivity contribution >= 4 is 17.6 Å². The maximum atomic E-state index is 14.6. The number of carbonyl (C=O) groups excluding carboxylic acids is 1. The third kappa shape index (κ3) is 6.05. The first-order chi connectivity index (χ1) is 15.7. The molecule has 3 rings (SSSR count). The first kappa shape index (κ1) is 25.1. The van der Waals surface area contributed by atoms with Gasteiger partial charge in [-0.2, -0.15) is 26.3 Å². The molecule has 0 radical (unpaired) electrons. The number of nitrogens with zero attached hydrogens (tertiary/aromatic N) is 2. The van der Waals surface area contributed by atoms with Crippen LogP contribution in [0.3, 0.4) is 0 Å². The lowest BCUT2D eigenvalue weighted by atomic mass is 9.85. The molecule has 2 heterocycles. The molecule has 0 saturated carbocycles. The normalized spacial score (nSPS) is 20.8. The largest absolute Gasteiger partial charge is 0.483 e. The lowest BCUT2D eigenvalue weighted by Gasteiger charge is -2.36. The van der Waals surface area contributed by atoms with Crippen molar-refractivity contribution in [2.24, 2.45) is 10.7 Å². The fourth-order valence-electron chi connectivity index (χ4n) is 3.19. The van der Waals surface area contributed by atoms with E-state index in [-0.39, 0.29) is 22.7 Å². The smallest absolute Gasteiger partial charge is 0.425 e. The van der Waals surface area contributed by atoms with Crippen molar-refractivity contribution in [1.82, 2.24) is 4.98 Å². The fourth-order valence-corrected chi connectivity index (χ4v) is 3.19. The molecule has 7 nitrogen and oxygen atoms in total. The molecule has 0 fully saturated rings. The van der Waals surface area contributed by atoms with E-state index in [1.165, 1.54) is 6.92 Å². The van der Waals surface area contributed by atoms with Crippen molar-refractivity contribution < 1.29 is 45.0 Å². The van der Waals surface area contributed by atoms with E-state index < -0.39 is 54.8 Å². The minimum atomic E-state index is -4.77. The van der Waals surface area contributed by atoms with Crippen LogP contribution >= 0.6 is 0 Å². The van der Waals surface area contributed by atoms with Crippen molar-refractivity contribution in [2.45, 2.75) is 37.3 Å². The molecule has 14 heteroatoms. The second kappa shape index (κ2) is 8.99. The number of carbonyl (C=O) groups is 1. The van der Waals surface area contributed by atoms with Crippen molar-refractivity contribution in [2.75, 3.05) is 11.9 Å². The van der Waals surface area contributed by atoms with E-state index in [0.717, 1.165) is 36.5 Å². The van der Waals surface area contributed by atoms with E-state index in [9.17, 15) is 35.5 Å². The van der Waals surface area contributed by atoms with Crippen LogP contribution in [0.2, 0.25) is 0 Å². The molecule has 0 bridgehead atoms. The minimum Gasteiger partial charge on any atom is -0.483 e. The van der Waals surface area contributed by atoms with Crippen molar-refractivity contribution in [3.8, 4) is 5.75 Å². The van der Waals surface area contributed by atoms with E-state index in [1.807, 2.05) is 0 Å². The van der Waals surface area contributed by atoms with Gasteiger partial charge in [-0.05, 0) is 37.3 Å². The van der Waals surface area contributed by atoms with Gasteiger partial charge in [0.2, 0.25) is 0 Å². The summed E-state index contributed by atoms with van der Waals surface area (Å²) < 4.78 is 99.8. The third-order valence-corrected chi connectivity index (χ3v) is 4.74. The van der Waals surface area contributed by atoms with Crippen molar-refractivity contribution in [3.63, 3.8) is 0 Å². The predicted octanol–water partition coefficient (Wildman–Crippen LogP) is 4.30. The number of nitrogens with two attached hydrogens (primary N) is 1. The van der Waals surface area contributed by atoms with Crippen LogP contribution in [-0.2, 0) is 10.3 Å². The number of benzene rings is 1. The maximum Gasteiger partial charge on any atom is 0.425 e. The minimum absolute atomic E-state index is 0.00523. The molecule has 1 aliphatic rings. The lowest BCUT2D eigenvalue weighted by Crippen LogP contribution is -2.46. The number of rotatable bonds is 5. The zero-order valence-electron chi connectivity index (χ0n) is 17.3. The molecule has 1 aromatic heterocycles. The number of amides is 1. The molecule has 0 unspecified atom stereocenters. The highest BCUT2D eigenvalue weighted by molar-refractivity contribution is 6.02. The predicted molar refractivity (Wildman–Crippen MR) is 105 cm³/mol. The van der Waals surface area contributed by atoms with E-state index in [2.05, 4.69) is 24.8 Å². The number of hydrogen-bond acceptors (Lipinski definition) is 6. The van der Waals surface area contributed by atoms with Crippen molar-refractivity contribution in [1.29, 1.82) is 0 Å². The molecule has 2 aromatic rings. The number of halogens is 7. The van der Waals surface area contributed by atoms with E-state index in [0.29, 0.717) is 0 Å². The Balaban J connectivity index is 1.79. The summed E-state index contributed by atoms with van der Waals surface area (Å²) in [6, 6.07) is 4.63. The number of ether oxygens (including phenoxy) is 2. The number of anilines is 1. The molecule has 34 heavy (non-hydrogen) atoms. The summed E-state index contributed by atoms with van der Waals surface area (Å²) >= 11 is 0. The van der Waals surface area contributed by atoms with Crippen molar-refractivity contribution in [3.05, 3.63) is 53.6 Å². The number of alkyl halides is 6. The molecule has 3 N–H and O–H groups in total. The monoisotopic (exact) mass is 494 g/mol. The molecule has 0 aliphatic carbocycles. The average molecular weight is 494 g/mol. The van der Waals surface area contributed by atoms with Crippen LogP contribution in [0.1, 0.15) is 29.4 Å². The second-order valence-electron chi connectivity index (χ2n) is 7.51. The van der Waals surface area contributed by atoms with Crippen LogP contribution in [0.4, 0.5) is 36.4 Å². The number of hydrogen-bond donors (Lipinski definition) is 2. The molecule has 1 amide bonds. The Labute approximate surface area is 187 Å². The lowest BCUT2D eigenvalue weighted by molar-refractivity contribution is -0.208. The van der Waals surface area contributed by atoms with Gasteiger partial charge in [0.15, 0.2) is 12.7 Å². The van der Waals surface area contributed by atoms with Gasteiger partial charge in [-0.3, -0.25) is 4.79 Å². The summed E-state index contributed by atoms with van der Waals surface area (Å²) in [7, 11) is 0. The van der Waals surface area contributed by atoms with Gasteiger partial charge in [0.1, 0.15) is 17.3 Å². The highest BCUT2D eigenvalue weighted by Gasteiger charge is 2.50. The Morgan fingerprint density at radius 1 is 1.24 bits per heavy atom. The molecule has 1 aromatic carbocycles. The molecule has 0 spiro atoms. The molecule has 2 atom stereocenters. The Morgan fingerprint density at radius 2 is 1.94 bits per heavy atom. The first-order valence-corrected chi connectivity index (χ1v) is 9.52. The second-order valence-corrected chi connectivity index (χ2v) is 7.51. The summed E-state index contributed by atoms with van der Waals surface area (Å²) in [5, 5.41) is 2.39. The molecular weight excluding hydrogens is 477 g/mol. The number of aromatic nitrogens is 1. The highest BCUT2D eigenvalue weighted by atomic mass is 19.4. The van der Waals surface area contributed by atoms with Gasteiger partial charge in [-0.1, -0.05) is 0 Å². The summed E-state index contributed by atoms with van der Waals surface area (Å²) in [6.45, 7) is -0.295. The highest BCUT2D eigenvalue weighted by Crippen LogP contribution is 2.41. The van der Waals surface area contributed by atoms with E-state index in [1.54, 1.807) is 0 Å². The van der Waals surface area contributed by atoms with Gasteiger partial charge in [0.25, 0.3) is 11.9 Å². The third-order valence-electron chi connectivity index (χ3n) is 4.74. The number of amidine groups is 1. The van der Waals surface area contributed by atoms with Crippen LogP contribution in [0, 0.1) is 5.82 Å². The molecule has 0 saturated heterocycles. The van der Waals surface area contributed by atoms with E-state index >= 15 is 0 Å². The topological polar surface area (TPSA) is 98.8 Å². The average Bonchev–Trinajstić information content (AvgIpc) is 2.72. The van der Waals surface area contributed by atoms with Crippen LogP contribution in [0.15, 0.2) is 41.5 Å². The maximum absolute atomic E-state index is 14.6. The van der Waals surface area contributed by atoms with Crippen LogP contribution < -0.4 is 15.8 Å². The number of aliphatic imine (C=N–C) groups is 1. The Kier molecular flexibility index (Phi) is 6.62. The summed E-state index contributed by atoms with van der Waals surface area (Å²) in [5.41, 5.74) is 3.17. The number of pyridine rings is 1. The molecular formula is C20H17F7N4O3. The summed E-state index contributed by atoms with van der Waals surface area (Å²) in [6.07, 6.45) is -11.5. The summed E-state index contributed by atoms with van der Waals surface area (Å²) in [5.74, 6) is -1.92. The van der Waals surface area contributed by atoms with Crippen LogP contribution in [-0.4, -0.2) is 42.0 Å². The van der Waals surface area contributed by atoms with Crippen LogP contribution in [0.5, 0.6) is 5.75 Å². The first-order valence-electron chi connectivity index (χ1n) is 9.52. The van der Waals surface area contributed by atoms with Gasteiger partial charge in [0.05, 0.1) is 11.7 Å². The summed E-state index contributed by atoms with van der Waals surface area (Å²) in [4.78, 5) is 20.0.